The fourth-order valence-corrected chi connectivity index (χ4v) is 6.19. The number of phenols is 3. The molecule has 0 aromatic heterocycles. The summed E-state index contributed by atoms with van der Waals surface area (Å²) in [7, 11) is 4.49. The first-order valence-corrected chi connectivity index (χ1v) is 9.38. The SMILES string of the molecule is Oc1ccccc1S(Cl)(c1ccccc1O)c1ccccc1O. The van der Waals surface area contributed by atoms with E-state index in [-0.39, 0.29) is 17.2 Å². The van der Waals surface area contributed by atoms with E-state index in [1.807, 2.05) is 0 Å². The topological polar surface area (TPSA) is 60.7 Å². The zero-order chi connectivity index (χ0) is 16.4. The summed E-state index contributed by atoms with van der Waals surface area (Å²) < 4.78 is 0. The molecule has 3 nitrogen and oxygen atoms in total. The molecule has 3 aromatic carbocycles. The summed E-state index contributed by atoms with van der Waals surface area (Å²) in [5.74, 6) is 0.0528. The highest BCUT2D eigenvalue weighted by Gasteiger charge is 2.35. The predicted molar refractivity (Wildman–Crippen MR) is 92.6 cm³/mol. The Balaban J connectivity index is 2.38. The minimum Gasteiger partial charge on any atom is -0.507 e. The number of rotatable bonds is 3. The van der Waals surface area contributed by atoms with E-state index in [1.165, 1.54) is 0 Å². The van der Waals surface area contributed by atoms with Gasteiger partial charge >= 0.3 is 0 Å². The molecule has 0 aliphatic carbocycles. The molecule has 0 unspecified atom stereocenters. The summed E-state index contributed by atoms with van der Waals surface area (Å²) in [6, 6.07) is 20.1. The number of hydrogen-bond donors (Lipinski definition) is 3. The van der Waals surface area contributed by atoms with Crippen molar-refractivity contribution in [3.63, 3.8) is 0 Å². The molecule has 0 radical (unpaired) electrons. The van der Waals surface area contributed by atoms with Crippen molar-refractivity contribution in [1.82, 2.24) is 0 Å². The van der Waals surface area contributed by atoms with Gasteiger partial charge < -0.3 is 15.3 Å². The lowest BCUT2D eigenvalue weighted by atomic mass is 10.3. The lowest BCUT2D eigenvalue weighted by Crippen LogP contribution is -1.98. The third-order valence-corrected chi connectivity index (χ3v) is 7.85. The largest absolute Gasteiger partial charge is 0.507 e. The van der Waals surface area contributed by atoms with Gasteiger partial charge in [-0.3, -0.25) is 0 Å². The Labute approximate surface area is 140 Å². The van der Waals surface area contributed by atoms with Gasteiger partial charge in [-0.25, -0.2) is 0 Å². The van der Waals surface area contributed by atoms with Gasteiger partial charge in [0.25, 0.3) is 0 Å². The van der Waals surface area contributed by atoms with E-state index >= 15 is 0 Å². The van der Waals surface area contributed by atoms with Crippen molar-refractivity contribution in [2.45, 2.75) is 14.7 Å². The normalized spacial score (nSPS) is 12.0. The maximum Gasteiger partial charge on any atom is 0.129 e. The van der Waals surface area contributed by atoms with Gasteiger partial charge in [0.2, 0.25) is 0 Å². The second kappa shape index (κ2) is 6.07. The Hall–Kier alpha value is -2.30. The quantitative estimate of drug-likeness (QED) is 0.607. The minimum atomic E-state index is -2.54. The molecule has 0 amide bonds. The van der Waals surface area contributed by atoms with Crippen LogP contribution in [0.2, 0.25) is 0 Å². The molecule has 0 aliphatic heterocycles. The van der Waals surface area contributed by atoms with Crippen molar-refractivity contribution in [2.24, 2.45) is 0 Å². The molecular weight excluding hydrogens is 332 g/mol. The van der Waals surface area contributed by atoms with Crippen LogP contribution in [0.25, 0.3) is 0 Å². The standard InChI is InChI=1S/C18H15ClO3S/c19-23(16-10-4-1-7-13(16)20,17-11-5-2-8-14(17)21)18-12-6-3-9-15(18)22/h1-12,20-22H. The number of hydrogen-bond acceptors (Lipinski definition) is 3. The highest BCUT2D eigenvalue weighted by Crippen LogP contribution is 2.76. The summed E-state index contributed by atoms with van der Waals surface area (Å²) in [6.07, 6.45) is 0. The monoisotopic (exact) mass is 346 g/mol. The molecule has 0 saturated carbocycles. The van der Waals surface area contributed by atoms with E-state index in [0.29, 0.717) is 14.7 Å². The first-order valence-electron chi connectivity index (χ1n) is 6.92. The third kappa shape index (κ3) is 2.60. The van der Waals surface area contributed by atoms with Crippen LogP contribution in [0.1, 0.15) is 0 Å². The Morgan fingerprint density at radius 1 is 0.522 bits per heavy atom. The van der Waals surface area contributed by atoms with E-state index < -0.39 is 9.24 Å². The second-order valence-corrected chi connectivity index (χ2v) is 8.72. The molecular formula is C18H15ClO3S. The summed E-state index contributed by atoms with van der Waals surface area (Å²) >= 11 is 0. The Bertz CT molecular complexity index is 740. The van der Waals surface area contributed by atoms with E-state index in [2.05, 4.69) is 0 Å². The Morgan fingerprint density at radius 2 is 0.783 bits per heavy atom. The van der Waals surface area contributed by atoms with E-state index in [4.69, 9.17) is 10.7 Å². The number of benzene rings is 3. The molecule has 0 saturated heterocycles. The fourth-order valence-electron chi connectivity index (χ4n) is 2.44. The van der Waals surface area contributed by atoms with Crippen molar-refractivity contribution < 1.29 is 15.3 Å². The van der Waals surface area contributed by atoms with Crippen molar-refractivity contribution in [2.75, 3.05) is 0 Å². The van der Waals surface area contributed by atoms with Gasteiger partial charge in [-0.15, -0.1) is 0 Å². The van der Waals surface area contributed by atoms with Crippen LogP contribution < -0.4 is 0 Å². The molecule has 0 aliphatic rings. The van der Waals surface area contributed by atoms with Gasteiger partial charge in [-0.2, -0.15) is 0 Å². The van der Waals surface area contributed by atoms with Crippen LogP contribution in [-0.4, -0.2) is 15.3 Å². The van der Waals surface area contributed by atoms with Crippen LogP contribution in [0.3, 0.4) is 0 Å². The Morgan fingerprint density at radius 3 is 1.04 bits per heavy atom. The van der Waals surface area contributed by atoms with Crippen LogP contribution >= 0.6 is 19.9 Å². The zero-order valence-electron chi connectivity index (χ0n) is 12.1. The predicted octanol–water partition coefficient (Wildman–Crippen LogP) is 5.24. The van der Waals surface area contributed by atoms with E-state index in [0.717, 1.165) is 0 Å². The molecule has 3 rings (SSSR count). The fraction of sp³-hybridized carbons (Fsp3) is 0. The van der Waals surface area contributed by atoms with Crippen molar-refractivity contribution >= 4 is 19.9 Å². The number of halogens is 1. The molecule has 3 aromatic rings. The summed E-state index contributed by atoms with van der Waals surface area (Å²) in [5.41, 5.74) is 0. The summed E-state index contributed by atoms with van der Waals surface area (Å²) in [6.45, 7) is 0. The molecule has 0 bridgehead atoms. The molecule has 0 heterocycles. The van der Waals surface area contributed by atoms with Crippen LogP contribution in [0.5, 0.6) is 17.2 Å². The highest BCUT2D eigenvalue weighted by atomic mass is 35.7. The summed E-state index contributed by atoms with van der Waals surface area (Å²) in [4.78, 5) is 1.39. The summed E-state index contributed by atoms with van der Waals surface area (Å²) in [5, 5.41) is 31.0. The molecule has 0 spiro atoms. The van der Waals surface area contributed by atoms with Crippen LogP contribution in [0.4, 0.5) is 0 Å². The third-order valence-electron chi connectivity index (χ3n) is 3.50. The average Bonchev–Trinajstić information content (AvgIpc) is 2.55. The van der Waals surface area contributed by atoms with Gasteiger partial charge in [0, 0.05) is 0 Å². The molecule has 5 heteroatoms. The van der Waals surface area contributed by atoms with E-state index in [9.17, 15) is 15.3 Å². The van der Waals surface area contributed by atoms with Crippen molar-refractivity contribution in [3.8, 4) is 17.2 Å². The van der Waals surface area contributed by atoms with Gasteiger partial charge in [-0.1, -0.05) is 56.3 Å². The van der Waals surface area contributed by atoms with Gasteiger partial charge in [-0.05, 0) is 36.4 Å². The highest BCUT2D eigenvalue weighted by molar-refractivity contribution is 8.51. The van der Waals surface area contributed by atoms with Crippen molar-refractivity contribution in [1.29, 1.82) is 0 Å². The zero-order valence-corrected chi connectivity index (χ0v) is 13.6. The second-order valence-electron chi connectivity index (χ2n) is 4.94. The Kier molecular flexibility index (Phi) is 4.11. The van der Waals surface area contributed by atoms with Crippen molar-refractivity contribution in [3.05, 3.63) is 72.8 Å². The minimum absolute atomic E-state index is 0.0176. The van der Waals surface area contributed by atoms with Crippen LogP contribution in [-0.2, 0) is 0 Å². The molecule has 0 atom stereocenters. The average molecular weight is 347 g/mol. The molecule has 23 heavy (non-hydrogen) atoms. The van der Waals surface area contributed by atoms with Crippen LogP contribution in [0.15, 0.2) is 87.5 Å². The molecule has 118 valence electrons. The molecule has 0 fully saturated rings. The lowest BCUT2D eigenvalue weighted by molar-refractivity contribution is 0.456. The maximum atomic E-state index is 10.3. The first-order chi connectivity index (χ1) is 11.0. The number of phenolic OH excluding ortho intramolecular Hbond substituents is 3. The smallest absolute Gasteiger partial charge is 0.129 e. The number of aromatic hydroxyl groups is 3. The first kappa shape index (κ1) is 15.6. The number of para-hydroxylation sites is 3. The lowest BCUT2D eigenvalue weighted by Gasteiger charge is -2.35. The van der Waals surface area contributed by atoms with Crippen LogP contribution in [0, 0.1) is 0 Å². The van der Waals surface area contributed by atoms with Gasteiger partial charge in [0.05, 0.1) is 14.7 Å². The maximum absolute atomic E-state index is 10.3. The molecule has 3 N–H and O–H groups in total. The van der Waals surface area contributed by atoms with Gasteiger partial charge in [0.15, 0.2) is 0 Å². The van der Waals surface area contributed by atoms with Gasteiger partial charge in [0.1, 0.15) is 17.2 Å². The van der Waals surface area contributed by atoms with E-state index in [1.54, 1.807) is 72.8 Å².